The molecule has 0 spiro atoms. The summed E-state index contributed by atoms with van der Waals surface area (Å²) in [7, 11) is 0. The molecule has 1 aliphatic heterocycles. The highest BCUT2D eigenvalue weighted by molar-refractivity contribution is 6.03. The lowest BCUT2D eigenvalue weighted by molar-refractivity contribution is -0.135. The average Bonchev–Trinajstić information content (AvgIpc) is 3.37. The predicted molar refractivity (Wildman–Crippen MR) is 110 cm³/mol. The summed E-state index contributed by atoms with van der Waals surface area (Å²) in [6, 6.07) is -1.56. The molecule has 1 aliphatic carbocycles. The molecule has 176 valence electrons. The lowest BCUT2D eigenvalue weighted by atomic mass is 9.94. The van der Waals surface area contributed by atoms with Crippen molar-refractivity contribution in [3.05, 3.63) is 5.82 Å². The van der Waals surface area contributed by atoms with Crippen molar-refractivity contribution in [2.45, 2.75) is 77.1 Å². The van der Waals surface area contributed by atoms with Gasteiger partial charge in [0, 0.05) is 6.04 Å². The minimum absolute atomic E-state index is 0.00163. The number of nitrogens with zero attached hydrogens (tertiary/aromatic N) is 5. The molecule has 0 aromatic carbocycles. The molecule has 32 heavy (non-hydrogen) atoms. The molecule has 3 rings (SSSR count). The molecular weight excluding hydrogens is 420 g/mol. The van der Waals surface area contributed by atoms with E-state index in [4.69, 9.17) is 4.74 Å². The fourth-order valence-corrected chi connectivity index (χ4v) is 3.88. The van der Waals surface area contributed by atoms with Crippen LogP contribution in [0.5, 0.6) is 0 Å². The van der Waals surface area contributed by atoms with Crippen LogP contribution in [0.3, 0.4) is 0 Å². The Hall–Kier alpha value is -3.25. The maximum absolute atomic E-state index is 13.1. The summed E-state index contributed by atoms with van der Waals surface area (Å²) in [4.78, 5) is 53.3. The first-order valence-electron chi connectivity index (χ1n) is 10.8. The molecule has 5 amide bonds. The van der Waals surface area contributed by atoms with Crippen molar-refractivity contribution >= 4 is 23.9 Å². The first-order chi connectivity index (χ1) is 15.2. The van der Waals surface area contributed by atoms with E-state index in [2.05, 4.69) is 31.3 Å². The molecule has 3 N–H and O–H groups in total. The van der Waals surface area contributed by atoms with E-state index in [1.54, 1.807) is 25.7 Å². The zero-order valence-corrected chi connectivity index (χ0v) is 18.6. The van der Waals surface area contributed by atoms with E-state index in [0.29, 0.717) is 0 Å². The van der Waals surface area contributed by atoms with Crippen molar-refractivity contribution in [1.82, 2.24) is 41.1 Å². The van der Waals surface area contributed by atoms with Crippen molar-refractivity contribution < 1.29 is 23.9 Å². The number of nitrogens with one attached hydrogen (secondary N) is 3. The van der Waals surface area contributed by atoms with Gasteiger partial charge in [-0.05, 0) is 33.6 Å². The molecule has 2 aliphatic rings. The number of imide groups is 1. The summed E-state index contributed by atoms with van der Waals surface area (Å²) >= 11 is 0. The molecule has 1 saturated carbocycles. The molecule has 2 heterocycles. The normalized spacial score (nSPS) is 19.7. The zero-order chi connectivity index (χ0) is 23.3. The molecule has 13 heteroatoms. The van der Waals surface area contributed by atoms with Crippen molar-refractivity contribution in [1.29, 1.82) is 0 Å². The number of hydrogen-bond donors (Lipinski definition) is 3. The van der Waals surface area contributed by atoms with Crippen molar-refractivity contribution in [3.8, 4) is 0 Å². The third kappa shape index (κ3) is 5.92. The number of ether oxygens (including phenoxy) is 1. The minimum atomic E-state index is -1.02. The lowest BCUT2D eigenvalue weighted by Crippen LogP contribution is -2.51. The highest BCUT2D eigenvalue weighted by Gasteiger charge is 2.47. The Kier molecular flexibility index (Phi) is 7.26. The number of aromatic amines is 1. The number of tetrazole rings is 1. The number of hydrogen-bond acceptors (Lipinski definition) is 8. The average molecular weight is 451 g/mol. The smallest absolute Gasteiger partial charge is 0.408 e. The van der Waals surface area contributed by atoms with E-state index in [1.165, 1.54) is 0 Å². The maximum atomic E-state index is 13.1. The van der Waals surface area contributed by atoms with Gasteiger partial charge < -0.3 is 20.3 Å². The number of carbonyl (C=O) groups is 4. The number of urea groups is 1. The Morgan fingerprint density at radius 2 is 1.88 bits per heavy atom. The zero-order valence-electron chi connectivity index (χ0n) is 18.6. The van der Waals surface area contributed by atoms with Crippen LogP contribution >= 0.6 is 0 Å². The lowest BCUT2D eigenvalue weighted by Gasteiger charge is -2.30. The van der Waals surface area contributed by atoms with Gasteiger partial charge in [-0.1, -0.05) is 24.5 Å². The predicted octanol–water partition coefficient (Wildman–Crippen LogP) is 0.306. The highest BCUT2D eigenvalue weighted by atomic mass is 16.6. The van der Waals surface area contributed by atoms with Crippen LogP contribution in [-0.2, 0) is 20.9 Å². The van der Waals surface area contributed by atoms with Crippen LogP contribution in [0.1, 0.15) is 58.7 Å². The Morgan fingerprint density at radius 3 is 2.50 bits per heavy atom. The molecule has 1 saturated heterocycles. The van der Waals surface area contributed by atoms with Gasteiger partial charge in [0.25, 0.3) is 5.91 Å². The van der Waals surface area contributed by atoms with Crippen LogP contribution in [0.4, 0.5) is 9.59 Å². The van der Waals surface area contributed by atoms with Crippen molar-refractivity contribution in [2.24, 2.45) is 0 Å². The Labute approximate surface area is 185 Å². The van der Waals surface area contributed by atoms with Gasteiger partial charge in [-0.25, -0.2) is 14.5 Å². The fourth-order valence-electron chi connectivity index (χ4n) is 3.88. The van der Waals surface area contributed by atoms with Crippen LogP contribution < -0.4 is 10.6 Å². The molecule has 1 aromatic heterocycles. The third-order valence-electron chi connectivity index (χ3n) is 5.31. The van der Waals surface area contributed by atoms with Crippen LogP contribution in [0.25, 0.3) is 0 Å². The van der Waals surface area contributed by atoms with Crippen LogP contribution in [0.15, 0.2) is 0 Å². The molecule has 0 radical (unpaired) electrons. The second kappa shape index (κ2) is 9.92. The summed E-state index contributed by atoms with van der Waals surface area (Å²) in [6.07, 6.45) is 3.99. The third-order valence-corrected chi connectivity index (χ3v) is 5.31. The van der Waals surface area contributed by atoms with Gasteiger partial charge in [0.15, 0.2) is 5.82 Å². The van der Waals surface area contributed by atoms with E-state index >= 15 is 0 Å². The number of amides is 5. The van der Waals surface area contributed by atoms with Gasteiger partial charge in [0.2, 0.25) is 5.91 Å². The topological polar surface area (TPSA) is 163 Å². The van der Waals surface area contributed by atoms with E-state index in [1.807, 2.05) is 0 Å². The van der Waals surface area contributed by atoms with Gasteiger partial charge in [-0.2, -0.15) is 5.21 Å². The maximum Gasteiger partial charge on any atom is 0.408 e. The van der Waals surface area contributed by atoms with Crippen LogP contribution in [0.2, 0.25) is 0 Å². The number of aromatic nitrogens is 4. The fraction of sp³-hybridized carbons (Fsp3) is 0.737. The largest absolute Gasteiger partial charge is 0.444 e. The first kappa shape index (κ1) is 23.4. The summed E-state index contributed by atoms with van der Waals surface area (Å²) in [6.45, 7) is 4.73. The molecule has 1 unspecified atom stereocenters. The molecule has 13 nitrogen and oxygen atoms in total. The van der Waals surface area contributed by atoms with Crippen molar-refractivity contribution in [2.75, 3.05) is 13.1 Å². The highest BCUT2D eigenvalue weighted by Crippen LogP contribution is 2.28. The summed E-state index contributed by atoms with van der Waals surface area (Å²) in [5, 5.41) is 18.3. The van der Waals surface area contributed by atoms with Gasteiger partial charge in [0.05, 0.1) is 13.1 Å². The summed E-state index contributed by atoms with van der Waals surface area (Å²) in [5.41, 5.74) is -0.730. The monoisotopic (exact) mass is 450 g/mol. The summed E-state index contributed by atoms with van der Waals surface area (Å²) in [5.74, 6) is -0.915. The SMILES string of the molecule is CC(C)(C)OC(=O)NCC(=O)N1C(=O)N(C2CCCCC2)CC1C(=O)NCc1nn[nH]n1. The van der Waals surface area contributed by atoms with E-state index in [0.717, 1.165) is 37.0 Å². The molecule has 1 atom stereocenters. The Morgan fingerprint density at radius 1 is 1.16 bits per heavy atom. The van der Waals surface area contributed by atoms with Gasteiger partial charge in [-0.3, -0.25) is 9.59 Å². The van der Waals surface area contributed by atoms with E-state index in [-0.39, 0.29) is 25.0 Å². The quantitative estimate of drug-likeness (QED) is 0.557. The molecule has 1 aromatic rings. The first-order valence-corrected chi connectivity index (χ1v) is 10.8. The Balaban J connectivity index is 1.69. The molecule has 0 bridgehead atoms. The molecule has 2 fully saturated rings. The second-order valence-corrected chi connectivity index (χ2v) is 8.91. The second-order valence-electron chi connectivity index (χ2n) is 8.91. The summed E-state index contributed by atoms with van der Waals surface area (Å²) < 4.78 is 5.13. The number of carbonyl (C=O) groups excluding carboxylic acids is 4. The van der Waals surface area contributed by atoms with Crippen LogP contribution in [-0.4, -0.2) is 85.1 Å². The number of alkyl carbamates (subject to hydrolysis) is 1. The molecular formula is C19H30N8O5. The van der Waals surface area contributed by atoms with Gasteiger partial charge >= 0.3 is 12.1 Å². The minimum Gasteiger partial charge on any atom is -0.444 e. The van der Waals surface area contributed by atoms with E-state index < -0.39 is 42.1 Å². The number of H-pyrrole nitrogens is 1. The van der Waals surface area contributed by atoms with Gasteiger partial charge in [0.1, 0.15) is 18.2 Å². The van der Waals surface area contributed by atoms with Gasteiger partial charge in [-0.15, -0.1) is 10.2 Å². The van der Waals surface area contributed by atoms with Crippen molar-refractivity contribution in [3.63, 3.8) is 0 Å². The van der Waals surface area contributed by atoms with E-state index in [9.17, 15) is 19.2 Å². The Bertz CT molecular complexity index is 831. The van der Waals surface area contributed by atoms with Crippen LogP contribution in [0, 0.1) is 0 Å². The standard InChI is InChI=1S/C19H30N8O5/c1-19(2,3)32-17(30)21-10-15(28)27-13(16(29)20-9-14-22-24-25-23-14)11-26(18(27)31)12-7-5-4-6-8-12/h12-13H,4-11H2,1-3H3,(H,20,29)(H,21,30)(H,22,23,24,25). The number of rotatable bonds is 6.